The lowest BCUT2D eigenvalue weighted by atomic mass is 9.99. The second-order valence-electron chi connectivity index (χ2n) is 6.09. The zero-order valence-electron chi connectivity index (χ0n) is 13.2. The number of unbranched alkanes of at least 4 members (excludes halogenated alkanes) is 7. The molecule has 0 amide bonds. The first-order valence-corrected chi connectivity index (χ1v) is 8.49. The van der Waals surface area contributed by atoms with Crippen LogP contribution >= 0.6 is 0 Å². The molecular weight excluding hydrogens is 236 g/mol. The molecule has 2 nitrogen and oxygen atoms in total. The van der Waals surface area contributed by atoms with E-state index in [-0.39, 0.29) is 12.7 Å². The summed E-state index contributed by atoms with van der Waals surface area (Å²) in [4.78, 5) is 0. The van der Waals surface area contributed by atoms with E-state index >= 15 is 0 Å². The number of rotatable bonds is 14. The Labute approximate surface area is 120 Å². The maximum absolute atomic E-state index is 9.45. The Morgan fingerprint density at radius 3 is 1.68 bits per heavy atom. The normalized spacial score (nSPS) is 14.5. The molecular formula is C17H36O2. The second kappa shape index (κ2) is 14.3. The molecule has 2 heteroatoms. The highest BCUT2D eigenvalue weighted by Crippen LogP contribution is 2.15. The molecule has 0 spiro atoms. The number of aliphatic hydroxyl groups excluding tert-OH is 2. The highest BCUT2D eigenvalue weighted by Gasteiger charge is 2.02. The fourth-order valence-electron chi connectivity index (χ4n) is 2.43. The zero-order valence-corrected chi connectivity index (χ0v) is 13.2. The van der Waals surface area contributed by atoms with Crippen molar-refractivity contribution >= 4 is 0 Å². The average molecular weight is 272 g/mol. The molecule has 0 saturated heterocycles. The molecule has 0 fully saturated rings. The van der Waals surface area contributed by atoms with Gasteiger partial charge in [0, 0.05) is 6.61 Å². The first-order chi connectivity index (χ1) is 9.20. The molecule has 2 unspecified atom stereocenters. The molecule has 2 atom stereocenters. The van der Waals surface area contributed by atoms with Crippen molar-refractivity contribution in [2.75, 3.05) is 6.61 Å². The minimum Gasteiger partial charge on any atom is -0.396 e. The van der Waals surface area contributed by atoms with Gasteiger partial charge in [0.15, 0.2) is 0 Å². The Kier molecular flexibility index (Phi) is 14.3. The number of hydrogen-bond donors (Lipinski definition) is 2. The fraction of sp³-hybridized carbons (Fsp3) is 1.00. The molecule has 0 aromatic carbocycles. The molecule has 0 aliphatic heterocycles. The third-order valence-electron chi connectivity index (χ3n) is 4.14. The molecule has 0 radical (unpaired) electrons. The molecule has 19 heavy (non-hydrogen) atoms. The molecule has 0 aliphatic rings. The smallest absolute Gasteiger partial charge is 0.0562 e. The summed E-state index contributed by atoms with van der Waals surface area (Å²) in [5.74, 6) is 0.908. The fourth-order valence-corrected chi connectivity index (χ4v) is 2.43. The van der Waals surface area contributed by atoms with E-state index in [4.69, 9.17) is 5.11 Å². The maximum Gasteiger partial charge on any atom is 0.0562 e. The van der Waals surface area contributed by atoms with E-state index in [1.54, 1.807) is 0 Å². The van der Waals surface area contributed by atoms with E-state index in [2.05, 4.69) is 13.8 Å². The lowest BCUT2D eigenvalue weighted by Crippen LogP contribution is -2.08. The van der Waals surface area contributed by atoms with Crippen LogP contribution in [0.2, 0.25) is 0 Å². The zero-order chi connectivity index (χ0) is 14.3. The van der Waals surface area contributed by atoms with Crippen LogP contribution in [0.25, 0.3) is 0 Å². The van der Waals surface area contributed by atoms with E-state index in [9.17, 15) is 5.11 Å². The Hall–Kier alpha value is -0.0800. The predicted octanol–water partition coefficient (Wildman–Crippen LogP) is 4.68. The van der Waals surface area contributed by atoms with Crippen molar-refractivity contribution in [3.05, 3.63) is 0 Å². The van der Waals surface area contributed by atoms with Gasteiger partial charge in [-0.25, -0.2) is 0 Å². The monoisotopic (exact) mass is 272 g/mol. The molecule has 0 bridgehead atoms. The molecule has 116 valence electrons. The van der Waals surface area contributed by atoms with Crippen molar-refractivity contribution in [1.29, 1.82) is 0 Å². The summed E-state index contributed by atoms with van der Waals surface area (Å²) in [5.41, 5.74) is 0. The quantitative estimate of drug-likeness (QED) is 0.451. The molecule has 0 saturated carbocycles. The summed E-state index contributed by atoms with van der Waals surface area (Å²) in [5, 5.41) is 18.1. The standard InChI is InChI=1S/C17H36O2/c1-3-16(2)12-10-8-6-4-5-7-9-11-13-17(19)14-15-18/h16-19H,3-15H2,1-2H3. The number of hydrogen-bond acceptors (Lipinski definition) is 2. The summed E-state index contributed by atoms with van der Waals surface area (Å²) in [6, 6.07) is 0. The van der Waals surface area contributed by atoms with Gasteiger partial charge in [-0.1, -0.05) is 78.1 Å². The lowest BCUT2D eigenvalue weighted by Gasteiger charge is -2.08. The van der Waals surface area contributed by atoms with Crippen LogP contribution in [-0.4, -0.2) is 22.9 Å². The molecule has 0 aromatic rings. The van der Waals surface area contributed by atoms with Crippen molar-refractivity contribution in [3.8, 4) is 0 Å². The van der Waals surface area contributed by atoms with Crippen LogP contribution in [0.1, 0.15) is 90.9 Å². The first kappa shape index (κ1) is 18.9. The van der Waals surface area contributed by atoms with Gasteiger partial charge in [0.2, 0.25) is 0 Å². The van der Waals surface area contributed by atoms with Gasteiger partial charge in [-0.2, -0.15) is 0 Å². The maximum atomic E-state index is 9.45. The third kappa shape index (κ3) is 14.1. The van der Waals surface area contributed by atoms with Gasteiger partial charge in [0.1, 0.15) is 0 Å². The van der Waals surface area contributed by atoms with E-state index in [1.165, 1.54) is 57.8 Å². The van der Waals surface area contributed by atoms with Crippen LogP contribution in [0.5, 0.6) is 0 Å². The van der Waals surface area contributed by atoms with Gasteiger partial charge in [0.05, 0.1) is 6.10 Å². The largest absolute Gasteiger partial charge is 0.396 e. The SMILES string of the molecule is CCC(C)CCCCCCCCCCC(O)CCO. The van der Waals surface area contributed by atoms with Crippen LogP contribution in [0, 0.1) is 5.92 Å². The molecule has 0 rings (SSSR count). The summed E-state index contributed by atoms with van der Waals surface area (Å²) in [7, 11) is 0. The van der Waals surface area contributed by atoms with Gasteiger partial charge in [-0.15, -0.1) is 0 Å². The van der Waals surface area contributed by atoms with Crippen LogP contribution in [0.15, 0.2) is 0 Å². The van der Waals surface area contributed by atoms with Gasteiger partial charge in [-0.05, 0) is 18.8 Å². The van der Waals surface area contributed by atoms with Crippen LogP contribution in [0.3, 0.4) is 0 Å². The van der Waals surface area contributed by atoms with Crippen molar-refractivity contribution in [1.82, 2.24) is 0 Å². The summed E-state index contributed by atoms with van der Waals surface area (Å²) in [6.45, 7) is 4.74. The molecule has 0 aliphatic carbocycles. The predicted molar refractivity (Wildman–Crippen MR) is 83.3 cm³/mol. The van der Waals surface area contributed by atoms with E-state index in [1.807, 2.05) is 0 Å². The topological polar surface area (TPSA) is 40.5 Å². The highest BCUT2D eigenvalue weighted by atomic mass is 16.3. The minimum absolute atomic E-state index is 0.109. The summed E-state index contributed by atoms with van der Waals surface area (Å²) in [6.07, 6.45) is 14.4. The first-order valence-electron chi connectivity index (χ1n) is 8.49. The van der Waals surface area contributed by atoms with Gasteiger partial charge in [0.25, 0.3) is 0 Å². The van der Waals surface area contributed by atoms with Crippen molar-refractivity contribution < 1.29 is 10.2 Å². The van der Waals surface area contributed by atoms with Gasteiger partial charge < -0.3 is 10.2 Å². The van der Waals surface area contributed by atoms with Crippen molar-refractivity contribution in [2.24, 2.45) is 5.92 Å². The highest BCUT2D eigenvalue weighted by molar-refractivity contribution is 4.56. The minimum atomic E-state index is -0.287. The Balaban J connectivity index is 3.07. The Bertz CT molecular complexity index is 171. The van der Waals surface area contributed by atoms with Gasteiger partial charge >= 0.3 is 0 Å². The lowest BCUT2D eigenvalue weighted by molar-refractivity contribution is 0.122. The Morgan fingerprint density at radius 1 is 0.737 bits per heavy atom. The van der Waals surface area contributed by atoms with Gasteiger partial charge in [-0.3, -0.25) is 0 Å². The van der Waals surface area contributed by atoms with Crippen LogP contribution < -0.4 is 0 Å². The van der Waals surface area contributed by atoms with E-state index < -0.39 is 0 Å². The average Bonchev–Trinajstić information content (AvgIpc) is 2.40. The summed E-state index contributed by atoms with van der Waals surface area (Å²) < 4.78 is 0. The van der Waals surface area contributed by atoms with Crippen molar-refractivity contribution in [2.45, 2.75) is 97.0 Å². The Morgan fingerprint density at radius 2 is 1.21 bits per heavy atom. The van der Waals surface area contributed by atoms with Crippen molar-refractivity contribution in [3.63, 3.8) is 0 Å². The third-order valence-corrected chi connectivity index (χ3v) is 4.14. The molecule has 2 N–H and O–H groups in total. The van der Waals surface area contributed by atoms with Crippen LogP contribution in [0.4, 0.5) is 0 Å². The molecule has 0 aromatic heterocycles. The molecule has 0 heterocycles. The summed E-state index contributed by atoms with van der Waals surface area (Å²) >= 11 is 0. The van der Waals surface area contributed by atoms with E-state index in [0.717, 1.165) is 18.8 Å². The van der Waals surface area contributed by atoms with Crippen LogP contribution in [-0.2, 0) is 0 Å². The number of aliphatic hydroxyl groups is 2. The second-order valence-corrected chi connectivity index (χ2v) is 6.09. The van der Waals surface area contributed by atoms with E-state index in [0.29, 0.717) is 6.42 Å².